The average molecular weight is 342 g/mol. The van der Waals surface area contributed by atoms with Crippen LogP contribution in [-0.2, 0) is 11.3 Å². The molecule has 132 valence electrons. The predicted octanol–water partition coefficient (Wildman–Crippen LogP) is 1.16. The second-order valence-electron chi connectivity index (χ2n) is 6.29. The van der Waals surface area contributed by atoms with E-state index in [-0.39, 0.29) is 11.8 Å². The lowest BCUT2D eigenvalue weighted by atomic mass is 10.1. The fourth-order valence-corrected chi connectivity index (χ4v) is 2.91. The van der Waals surface area contributed by atoms with Gasteiger partial charge < -0.3 is 14.5 Å². The molecule has 0 aliphatic carbocycles. The molecule has 1 aliphatic rings. The van der Waals surface area contributed by atoms with Gasteiger partial charge in [-0.15, -0.1) is 5.10 Å². The Labute approximate surface area is 146 Å². The first-order valence-corrected chi connectivity index (χ1v) is 8.28. The highest BCUT2D eigenvalue weighted by Gasteiger charge is 2.20. The van der Waals surface area contributed by atoms with Crippen LogP contribution in [0.4, 0.5) is 0 Å². The number of rotatable bonds is 5. The molecule has 1 fully saturated rings. The third-order valence-electron chi connectivity index (χ3n) is 4.42. The van der Waals surface area contributed by atoms with Gasteiger partial charge in [0.25, 0.3) is 12.4 Å². The first kappa shape index (κ1) is 17.2. The summed E-state index contributed by atoms with van der Waals surface area (Å²) in [5, 5.41) is 4.23. The number of carbonyl (C=O) groups is 2. The number of amides is 1. The Hall–Kier alpha value is -2.67. The fraction of sp³-hybridized carbons (Fsp3) is 0.389. The summed E-state index contributed by atoms with van der Waals surface area (Å²) in [6.07, 6.45) is 0. The Morgan fingerprint density at radius 3 is 2.72 bits per heavy atom. The first-order chi connectivity index (χ1) is 12.1. The smallest absolute Gasteiger partial charge is 0.299 e. The summed E-state index contributed by atoms with van der Waals surface area (Å²) in [5.41, 5.74) is 2.55. The maximum Gasteiger partial charge on any atom is 0.299 e. The molecule has 2 heterocycles. The molecule has 2 aromatic rings. The van der Waals surface area contributed by atoms with Crippen LogP contribution in [0.2, 0.25) is 0 Å². The molecule has 25 heavy (non-hydrogen) atoms. The van der Waals surface area contributed by atoms with Crippen LogP contribution in [-0.4, -0.2) is 65.2 Å². The number of hydrogen-bond acceptors (Lipinski definition) is 5. The predicted molar refractivity (Wildman–Crippen MR) is 92.6 cm³/mol. The molecule has 0 bridgehead atoms. The molecule has 0 radical (unpaired) electrons. The normalized spacial score (nSPS) is 15.2. The standard InChI is InChI=1S/C18H22N4O3/c1-14-10-17(25-13-23)19-22(14)12-15-4-3-5-16(11-15)18(24)21-8-6-20(2)7-9-21/h3-5,10-11,13H,6-9,12H2,1-2H3. The number of aromatic nitrogens is 2. The largest absolute Gasteiger partial charge is 0.408 e. The van der Waals surface area contributed by atoms with Crippen LogP contribution in [0.1, 0.15) is 21.6 Å². The molecule has 1 aromatic heterocycles. The van der Waals surface area contributed by atoms with Crippen LogP contribution in [0.25, 0.3) is 0 Å². The SMILES string of the molecule is Cc1cc(OC=O)nn1Cc1cccc(C(=O)N2CCN(C)CC2)c1. The lowest BCUT2D eigenvalue weighted by Crippen LogP contribution is -2.47. The van der Waals surface area contributed by atoms with Gasteiger partial charge in [-0.3, -0.25) is 14.3 Å². The van der Waals surface area contributed by atoms with E-state index in [1.54, 1.807) is 10.7 Å². The number of nitrogens with zero attached hydrogens (tertiary/aromatic N) is 4. The maximum absolute atomic E-state index is 12.7. The van der Waals surface area contributed by atoms with E-state index in [0.29, 0.717) is 18.6 Å². The van der Waals surface area contributed by atoms with Crippen molar-refractivity contribution in [3.8, 4) is 5.88 Å². The minimum Gasteiger partial charge on any atom is -0.408 e. The van der Waals surface area contributed by atoms with Gasteiger partial charge in [0.1, 0.15) is 0 Å². The Morgan fingerprint density at radius 2 is 2.00 bits per heavy atom. The van der Waals surface area contributed by atoms with Crippen molar-refractivity contribution >= 4 is 12.4 Å². The summed E-state index contributed by atoms with van der Waals surface area (Å²) in [4.78, 5) is 27.2. The quantitative estimate of drug-likeness (QED) is 0.763. The van der Waals surface area contributed by atoms with Gasteiger partial charge in [-0.1, -0.05) is 12.1 Å². The van der Waals surface area contributed by atoms with Gasteiger partial charge >= 0.3 is 0 Å². The van der Waals surface area contributed by atoms with Crippen molar-refractivity contribution in [1.29, 1.82) is 0 Å². The van der Waals surface area contributed by atoms with Gasteiger partial charge in [-0.25, -0.2) is 0 Å². The van der Waals surface area contributed by atoms with E-state index < -0.39 is 0 Å². The van der Waals surface area contributed by atoms with Crippen molar-refractivity contribution in [3.05, 3.63) is 47.2 Å². The minimum absolute atomic E-state index is 0.0668. The van der Waals surface area contributed by atoms with E-state index in [9.17, 15) is 9.59 Å². The number of carbonyl (C=O) groups excluding carboxylic acids is 2. The zero-order valence-corrected chi connectivity index (χ0v) is 14.5. The average Bonchev–Trinajstić information content (AvgIpc) is 2.95. The number of hydrogen-bond donors (Lipinski definition) is 0. The van der Waals surface area contributed by atoms with E-state index >= 15 is 0 Å². The molecule has 1 saturated heterocycles. The van der Waals surface area contributed by atoms with Crippen molar-refractivity contribution in [2.45, 2.75) is 13.5 Å². The minimum atomic E-state index is 0.0668. The highest BCUT2D eigenvalue weighted by atomic mass is 16.5. The fourth-order valence-electron chi connectivity index (χ4n) is 2.91. The van der Waals surface area contributed by atoms with Crippen molar-refractivity contribution in [2.24, 2.45) is 0 Å². The van der Waals surface area contributed by atoms with E-state index in [0.717, 1.165) is 37.4 Å². The molecule has 7 nitrogen and oxygen atoms in total. The number of likely N-dealkylation sites (N-methyl/N-ethyl adjacent to an activating group) is 1. The van der Waals surface area contributed by atoms with Crippen LogP contribution in [0, 0.1) is 6.92 Å². The molecule has 0 N–H and O–H groups in total. The van der Waals surface area contributed by atoms with Gasteiger partial charge in [0, 0.05) is 43.5 Å². The van der Waals surface area contributed by atoms with Crippen LogP contribution in [0.5, 0.6) is 5.88 Å². The zero-order valence-electron chi connectivity index (χ0n) is 14.5. The molecule has 0 saturated carbocycles. The summed E-state index contributed by atoms with van der Waals surface area (Å²) in [6, 6.07) is 9.30. The first-order valence-electron chi connectivity index (χ1n) is 8.28. The van der Waals surface area contributed by atoms with Crippen molar-refractivity contribution in [2.75, 3.05) is 33.2 Å². The number of ether oxygens (including phenoxy) is 1. The van der Waals surface area contributed by atoms with Crippen LogP contribution >= 0.6 is 0 Å². The van der Waals surface area contributed by atoms with Crippen molar-refractivity contribution < 1.29 is 14.3 Å². The number of benzene rings is 1. The van der Waals surface area contributed by atoms with Gasteiger partial charge in [0.05, 0.1) is 6.54 Å². The second-order valence-corrected chi connectivity index (χ2v) is 6.29. The topological polar surface area (TPSA) is 67.7 Å². The van der Waals surface area contributed by atoms with E-state index in [1.165, 1.54) is 0 Å². The highest BCUT2D eigenvalue weighted by molar-refractivity contribution is 5.94. The molecule has 1 aromatic carbocycles. The van der Waals surface area contributed by atoms with E-state index in [2.05, 4.69) is 17.0 Å². The molecular formula is C18H22N4O3. The Morgan fingerprint density at radius 1 is 1.24 bits per heavy atom. The molecule has 1 amide bonds. The van der Waals surface area contributed by atoms with Gasteiger partial charge in [-0.05, 0) is 31.7 Å². The maximum atomic E-state index is 12.7. The van der Waals surface area contributed by atoms with Crippen LogP contribution in [0.3, 0.4) is 0 Å². The summed E-state index contributed by atoms with van der Waals surface area (Å²) in [6.45, 7) is 6.08. The summed E-state index contributed by atoms with van der Waals surface area (Å²) >= 11 is 0. The monoisotopic (exact) mass is 342 g/mol. The van der Waals surface area contributed by atoms with Crippen LogP contribution < -0.4 is 4.74 Å². The molecule has 0 unspecified atom stereocenters. The lowest BCUT2D eigenvalue weighted by Gasteiger charge is -2.32. The molecule has 0 atom stereocenters. The number of aryl methyl sites for hydroxylation is 1. The third-order valence-corrected chi connectivity index (χ3v) is 4.42. The van der Waals surface area contributed by atoms with Gasteiger partial charge in [-0.2, -0.15) is 0 Å². The van der Waals surface area contributed by atoms with Crippen LogP contribution in [0.15, 0.2) is 30.3 Å². The Kier molecular flexibility index (Phi) is 5.14. The second kappa shape index (κ2) is 7.48. The highest BCUT2D eigenvalue weighted by Crippen LogP contribution is 2.15. The molecular weight excluding hydrogens is 320 g/mol. The van der Waals surface area contributed by atoms with Crippen molar-refractivity contribution in [1.82, 2.24) is 19.6 Å². The summed E-state index contributed by atoms with van der Waals surface area (Å²) < 4.78 is 6.53. The van der Waals surface area contributed by atoms with Gasteiger partial charge in [0.15, 0.2) is 0 Å². The zero-order chi connectivity index (χ0) is 17.8. The molecule has 0 spiro atoms. The Balaban J connectivity index is 1.73. The molecule has 3 rings (SSSR count). The van der Waals surface area contributed by atoms with Gasteiger partial charge in [0.2, 0.25) is 5.88 Å². The lowest BCUT2D eigenvalue weighted by molar-refractivity contribution is -0.120. The van der Waals surface area contributed by atoms with Crippen molar-refractivity contribution in [3.63, 3.8) is 0 Å². The third kappa shape index (κ3) is 4.06. The molecule has 7 heteroatoms. The summed E-state index contributed by atoms with van der Waals surface area (Å²) in [5.74, 6) is 0.342. The summed E-state index contributed by atoms with van der Waals surface area (Å²) in [7, 11) is 2.07. The molecule has 1 aliphatic heterocycles. The Bertz CT molecular complexity index is 763. The van der Waals surface area contributed by atoms with E-state index in [4.69, 9.17) is 4.74 Å². The van der Waals surface area contributed by atoms with E-state index in [1.807, 2.05) is 36.1 Å². The number of piperazine rings is 1.